The number of amides is 1. The fourth-order valence-electron chi connectivity index (χ4n) is 4.01. The maximum Gasteiger partial charge on any atom is 0.232 e. The van der Waals surface area contributed by atoms with Gasteiger partial charge in [0, 0.05) is 39.0 Å². The molecule has 1 amide bonds. The van der Waals surface area contributed by atoms with Crippen molar-refractivity contribution in [2.24, 2.45) is 13.0 Å². The van der Waals surface area contributed by atoms with Crippen molar-refractivity contribution in [3.8, 4) is 11.5 Å². The smallest absolute Gasteiger partial charge is 0.232 e. The number of rotatable bonds is 6. The van der Waals surface area contributed by atoms with Gasteiger partial charge in [-0.2, -0.15) is 0 Å². The Balaban J connectivity index is 1.75. The van der Waals surface area contributed by atoms with Gasteiger partial charge in [-0.05, 0) is 50.3 Å². The van der Waals surface area contributed by atoms with Gasteiger partial charge in [0.2, 0.25) is 5.91 Å². The van der Waals surface area contributed by atoms with E-state index in [4.69, 9.17) is 9.47 Å². The van der Waals surface area contributed by atoms with Crippen LogP contribution in [0.3, 0.4) is 0 Å². The molecule has 0 spiro atoms. The molecule has 1 aliphatic heterocycles. The van der Waals surface area contributed by atoms with E-state index >= 15 is 0 Å². The zero-order valence-electron chi connectivity index (χ0n) is 17.6. The van der Waals surface area contributed by atoms with Crippen LogP contribution in [0.2, 0.25) is 0 Å². The molecule has 1 unspecified atom stereocenters. The first kappa shape index (κ1) is 20.2. The van der Waals surface area contributed by atoms with E-state index in [0.717, 1.165) is 43.7 Å². The molecule has 152 valence electrons. The van der Waals surface area contributed by atoms with E-state index in [9.17, 15) is 4.79 Å². The summed E-state index contributed by atoms with van der Waals surface area (Å²) in [6, 6.07) is 5.73. The van der Waals surface area contributed by atoms with Crippen LogP contribution < -0.4 is 9.47 Å². The van der Waals surface area contributed by atoms with Crippen LogP contribution >= 0.6 is 0 Å². The van der Waals surface area contributed by atoms with Crippen molar-refractivity contribution in [1.29, 1.82) is 0 Å². The van der Waals surface area contributed by atoms with Crippen molar-refractivity contribution in [2.45, 2.75) is 38.5 Å². The van der Waals surface area contributed by atoms with E-state index in [1.165, 1.54) is 0 Å². The summed E-state index contributed by atoms with van der Waals surface area (Å²) in [4.78, 5) is 19.9. The number of piperidine rings is 1. The van der Waals surface area contributed by atoms with Crippen molar-refractivity contribution in [3.63, 3.8) is 0 Å². The Morgan fingerprint density at radius 2 is 2.00 bits per heavy atom. The summed E-state index contributed by atoms with van der Waals surface area (Å²) in [7, 11) is 5.25. The Kier molecular flexibility index (Phi) is 5.96. The predicted octanol–water partition coefficient (Wildman–Crippen LogP) is 3.20. The molecule has 3 rings (SSSR count). The molecule has 1 aliphatic rings. The van der Waals surface area contributed by atoms with Crippen LogP contribution in [-0.2, 0) is 23.7 Å². The second-order valence-electron chi connectivity index (χ2n) is 8.11. The Hall–Kier alpha value is -2.50. The zero-order valence-corrected chi connectivity index (χ0v) is 17.6. The van der Waals surface area contributed by atoms with Crippen molar-refractivity contribution >= 4 is 5.91 Å². The molecule has 2 heterocycles. The molecule has 1 fully saturated rings. The fraction of sp³-hybridized carbons (Fsp3) is 0.545. The van der Waals surface area contributed by atoms with E-state index in [0.29, 0.717) is 17.4 Å². The standard InChI is InChI=1S/C22H31N3O3/c1-22(2,17-8-9-18(27-4)19(14-17)28-5)21(26)25-11-6-7-16(15-25)13-20-23-10-12-24(20)3/h8-10,12,14,16H,6-7,11,13,15H2,1-5H3. The number of aromatic nitrogens is 2. The summed E-state index contributed by atoms with van der Waals surface area (Å²) >= 11 is 0. The van der Waals surface area contributed by atoms with Gasteiger partial charge in [0.15, 0.2) is 11.5 Å². The summed E-state index contributed by atoms with van der Waals surface area (Å²) in [5, 5.41) is 0. The molecule has 0 N–H and O–H groups in total. The number of ether oxygens (including phenoxy) is 2. The molecule has 1 saturated heterocycles. The Labute approximate surface area is 167 Å². The molecule has 1 aromatic heterocycles. The van der Waals surface area contributed by atoms with Crippen molar-refractivity contribution < 1.29 is 14.3 Å². The average Bonchev–Trinajstić information content (AvgIpc) is 3.11. The van der Waals surface area contributed by atoms with E-state index in [1.807, 2.05) is 56.4 Å². The van der Waals surface area contributed by atoms with Crippen LogP contribution in [0.15, 0.2) is 30.6 Å². The van der Waals surface area contributed by atoms with Crippen molar-refractivity contribution in [1.82, 2.24) is 14.5 Å². The highest BCUT2D eigenvalue weighted by Crippen LogP contribution is 2.35. The highest BCUT2D eigenvalue weighted by atomic mass is 16.5. The first-order valence-corrected chi connectivity index (χ1v) is 9.85. The maximum absolute atomic E-state index is 13.4. The summed E-state index contributed by atoms with van der Waals surface area (Å²) < 4.78 is 12.8. The lowest BCUT2D eigenvalue weighted by atomic mass is 9.81. The van der Waals surface area contributed by atoms with Gasteiger partial charge >= 0.3 is 0 Å². The predicted molar refractivity (Wildman–Crippen MR) is 109 cm³/mol. The lowest BCUT2D eigenvalue weighted by Crippen LogP contribution is -2.48. The van der Waals surface area contributed by atoms with Gasteiger partial charge in [-0.1, -0.05) is 6.07 Å². The fourth-order valence-corrected chi connectivity index (χ4v) is 4.01. The van der Waals surface area contributed by atoms with E-state index in [-0.39, 0.29) is 5.91 Å². The first-order valence-electron chi connectivity index (χ1n) is 9.85. The van der Waals surface area contributed by atoms with Gasteiger partial charge < -0.3 is 18.9 Å². The van der Waals surface area contributed by atoms with Gasteiger partial charge in [0.25, 0.3) is 0 Å². The van der Waals surface area contributed by atoms with Crippen LogP contribution in [0, 0.1) is 5.92 Å². The number of methoxy groups -OCH3 is 2. The van der Waals surface area contributed by atoms with Crippen LogP contribution in [0.1, 0.15) is 38.1 Å². The van der Waals surface area contributed by atoms with Crippen LogP contribution in [0.5, 0.6) is 11.5 Å². The number of aryl methyl sites for hydroxylation is 1. The number of carbonyl (C=O) groups is 1. The molecule has 1 atom stereocenters. The molecule has 28 heavy (non-hydrogen) atoms. The van der Waals surface area contributed by atoms with Crippen LogP contribution in [0.4, 0.5) is 0 Å². The molecule has 1 aromatic carbocycles. The molecule has 0 radical (unpaired) electrons. The third kappa shape index (κ3) is 4.01. The number of hydrogen-bond acceptors (Lipinski definition) is 4. The SMILES string of the molecule is COc1ccc(C(C)(C)C(=O)N2CCCC(Cc3nccn3C)C2)cc1OC. The van der Waals surface area contributed by atoms with E-state index < -0.39 is 5.41 Å². The molecular formula is C22H31N3O3. The lowest BCUT2D eigenvalue weighted by molar-refractivity contribution is -0.138. The maximum atomic E-state index is 13.4. The van der Waals surface area contributed by atoms with Gasteiger partial charge in [-0.3, -0.25) is 4.79 Å². The minimum atomic E-state index is -0.634. The van der Waals surface area contributed by atoms with E-state index in [1.54, 1.807) is 14.2 Å². The van der Waals surface area contributed by atoms with Crippen molar-refractivity contribution in [3.05, 3.63) is 42.0 Å². The quantitative estimate of drug-likeness (QED) is 0.766. The normalized spacial score (nSPS) is 17.5. The number of nitrogens with zero attached hydrogens (tertiary/aromatic N) is 3. The highest BCUT2D eigenvalue weighted by molar-refractivity contribution is 5.87. The monoisotopic (exact) mass is 385 g/mol. The minimum Gasteiger partial charge on any atom is -0.493 e. The molecule has 2 aromatic rings. The molecule has 0 aliphatic carbocycles. The number of hydrogen-bond donors (Lipinski definition) is 0. The van der Waals surface area contributed by atoms with Gasteiger partial charge in [0.1, 0.15) is 5.82 Å². The number of benzene rings is 1. The molecule has 6 nitrogen and oxygen atoms in total. The molecule has 0 saturated carbocycles. The van der Waals surface area contributed by atoms with Gasteiger partial charge in [-0.25, -0.2) is 4.98 Å². The van der Waals surface area contributed by atoms with Crippen molar-refractivity contribution in [2.75, 3.05) is 27.3 Å². The molecular weight excluding hydrogens is 354 g/mol. The number of likely N-dealkylation sites (tertiary alicyclic amines) is 1. The van der Waals surface area contributed by atoms with Gasteiger partial charge in [0.05, 0.1) is 19.6 Å². The lowest BCUT2D eigenvalue weighted by Gasteiger charge is -2.38. The first-order chi connectivity index (χ1) is 13.4. The third-order valence-electron chi connectivity index (χ3n) is 5.84. The third-order valence-corrected chi connectivity index (χ3v) is 5.84. The second-order valence-corrected chi connectivity index (χ2v) is 8.11. The Bertz CT molecular complexity index is 828. The Morgan fingerprint density at radius 1 is 1.25 bits per heavy atom. The largest absolute Gasteiger partial charge is 0.493 e. The number of imidazole rings is 1. The summed E-state index contributed by atoms with van der Waals surface area (Å²) in [5.74, 6) is 3.00. The molecule has 6 heteroatoms. The second kappa shape index (κ2) is 8.25. The minimum absolute atomic E-state index is 0.157. The average molecular weight is 386 g/mol. The zero-order chi connectivity index (χ0) is 20.3. The summed E-state index contributed by atoms with van der Waals surface area (Å²) in [6.45, 7) is 5.56. The molecule has 0 bridgehead atoms. The van der Waals surface area contributed by atoms with Gasteiger partial charge in [-0.15, -0.1) is 0 Å². The summed E-state index contributed by atoms with van der Waals surface area (Å²) in [6.07, 6.45) is 6.88. The van der Waals surface area contributed by atoms with Crippen LogP contribution in [0.25, 0.3) is 0 Å². The summed E-state index contributed by atoms with van der Waals surface area (Å²) in [5.41, 5.74) is 0.298. The Morgan fingerprint density at radius 3 is 2.64 bits per heavy atom. The topological polar surface area (TPSA) is 56.6 Å². The van der Waals surface area contributed by atoms with Crippen LogP contribution in [-0.4, -0.2) is 47.7 Å². The van der Waals surface area contributed by atoms with E-state index in [2.05, 4.69) is 9.55 Å². The number of carbonyl (C=O) groups excluding carboxylic acids is 1. The highest BCUT2D eigenvalue weighted by Gasteiger charge is 2.36.